The lowest BCUT2D eigenvalue weighted by molar-refractivity contribution is -0.136. The number of piperidine rings is 2. The number of fused-ring (bicyclic) bond motifs is 1. The molecule has 5 heterocycles. The van der Waals surface area contributed by atoms with Gasteiger partial charge in [0, 0.05) is 63.8 Å². The lowest BCUT2D eigenvalue weighted by Crippen LogP contribution is -2.54. The molecule has 4 aliphatic heterocycles. The van der Waals surface area contributed by atoms with Crippen molar-refractivity contribution in [1.82, 2.24) is 20.1 Å². The fourth-order valence-corrected chi connectivity index (χ4v) is 7.65. The van der Waals surface area contributed by atoms with Crippen LogP contribution in [0.4, 0.5) is 17.2 Å². The summed E-state index contributed by atoms with van der Waals surface area (Å²) in [6.45, 7) is 6.39. The molecule has 0 radical (unpaired) electrons. The summed E-state index contributed by atoms with van der Waals surface area (Å²) in [5.41, 5.74) is 2.55. The Bertz CT molecular complexity index is 1570. The third-order valence-electron chi connectivity index (χ3n) is 10.4. The van der Waals surface area contributed by atoms with Crippen LogP contribution in [0.2, 0.25) is 0 Å². The molecule has 5 amide bonds. The van der Waals surface area contributed by atoms with Crippen molar-refractivity contribution in [2.45, 2.75) is 57.1 Å². The Balaban J connectivity index is 0.869. The SMILES string of the molecule is O=C1CCC(N2C(=O)c3ccc(N4CCN(CC5CCN(c6ccc(NC(=O)[C@H]7CC[C@@H](O)C7)nc6)CC5)CC4)cc3C2=O)C(=O)N1. The number of nitrogens with one attached hydrogen (secondary N) is 2. The fraction of sp³-hybridized carbons (Fsp3) is 0.529. The monoisotopic (exact) mass is 643 g/mol. The molecule has 3 saturated heterocycles. The van der Waals surface area contributed by atoms with E-state index in [0.29, 0.717) is 42.1 Å². The zero-order valence-electron chi connectivity index (χ0n) is 26.4. The topological polar surface area (TPSA) is 155 Å². The van der Waals surface area contributed by atoms with Gasteiger partial charge in [0.1, 0.15) is 11.9 Å². The van der Waals surface area contributed by atoms with Gasteiger partial charge in [-0.3, -0.25) is 39.1 Å². The molecule has 1 saturated carbocycles. The lowest BCUT2D eigenvalue weighted by atomic mass is 9.95. The number of aliphatic hydroxyl groups excluding tert-OH is 1. The number of carbonyl (C=O) groups is 5. The molecule has 1 aliphatic carbocycles. The third kappa shape index (κ3) is 6.46. The Kier molecular flexibility index (Phi) is 8.67. The molecule has 47 heavy (non-hydrogen) atoms. The second-order valence-corrected chi connectivity index (χ2v) is 13.4. The minimum absolute atomic E-state index is 0.0688. The van der Waals surface area contributed by atoms with Crippen molar-refractivity contribution in [3.05, 3.63) is 47.7 Å². The van der Waals surface area contributed by atoms with E-state index in [1.54, 1.807) is 12.1 Å². The Morgan fingerprint density at radius 2 is 1.57 bits per heavy atom. The molecule has 1 unspecified atom stereocenters. The number of anilines is 3. The first-order valence-corrected chi connectivity index (χ1v) is 16.8. The van der Waals surface area contributed by atoms with Crippen molar-refractivity contribution in [1.29, 1.82) is 0 Å². The molecular formula is C34H41N7O6. The maximum absolute atomic E-state index is 13.2. The van der Waals surface area contributed by atoms with Crippen molar-refractivity contribution < 1.29 is 29.1 Å². The van der Waals surface area contributed by atoms with Crippen LogP contribution in [0.1, 0.15) is 65.7 Å². The number of carbonyl (C=O) groups excluding carboxylic acids is 5. The maximum atomic E-state index is 13.2. The van der Waals surface area contributed by atoms with Crippen molar-refractivity contribution in [2.75, 3.05) is 60.9 Å². The van der Waals surface area contributed by atoms with E-state index in [4.69, 9.17) is 0 Å². The van der Waals surface area contributed by atoms with E-state index in [0.717, 1.165) is 74.9 Å². The Morgan fingerprint density at radius 3 is 2.26 bits per heavy atom. The number of benzene rings is 1. The summed E-state index contributed by atoms with van der Waals surface area (Å²) in [4.78, 5) is 75.3. The molecule has 3 N–H and O–H groups in total. The van der Waals surface area contributed by atoms with Crippen molar-refractivity contribution in [2.24, 2.45) is 11.8 Å². The molecule has 1 aromatic carbocycles. The number of aliphatic hydroxyl groups is 1. The molecule has 1 aromatic heterocycles. The molecule has 2 aromatic rings. The van der Waals surface area contributed by atoms with Crippen molar-refractivity contribution in [3.8, 4) is 0 Å². The van der Waals surface area contributed by atoms with Gasteiger partial charge in [-0.1, -0.05) is 0 Å². The fourth-order valence-electron chi connectivity index (χ4n) is 7.65. The van der Waals surface area contributed by atoms with Gasteiger partial charge in [-0.15, -0.1) is 0 Å². The minimum Gasteiger partial charge on any atom is -0.393 e. The number of hydrogen-bond acceptors (Lipinski definition) is 10. The molecule has 13 heteroatoms. The van der Waals surface area contributed by atoms with Crippen LogP contribution in [-0.2, 0) is 14.4 Å². The van der Waals surface area contributed by atoms with Gasteiger partial charge in [-0.25, -0.2) is 4.98 Å². The molecule has 13 nitrogen and oxygen atoms in total. The summed E-state index contributed by atoms with van der Waals surface area (Å²) in [7, 11) is 0. The van der Waals surface area contributed by atoms with Crippen LogP contribution >= 0.6 is 0 Å². The number of imide groups is 2. The first-order valence-electron chi connectivity index (χ1n) is 16.8. The van der Waals surface area contributed by atoms with Crippen LogP contribution in [0.25, 0.3) is 0 Å². The molecule has 0 bridgehead atoms. The van der Waals surface area contributed by atoms with Crippen LogP contribution in [0.15, 0.2) is 36.5 Å². The Hall–Kier alpha value is -4.36. The third-order valence-corrected chi connectivity index (χ3v) is 10.4. The average molecular weight is 644 g/mol. The quantitative estimate of drug-likeness (QED) is 0.379. The highest BCUT2D eigenvalue weighted by atomic mass is 16.3. The zero-order valence-corrected chi connectivity index (χ0v) is 26.4. The molecule has 0 spiro atoms. The Morgan fingerprint density at radius 1 is 0.851 bits per heavy atom. The number of piperazine rings is 1. The lowest BCUT2D eigenvalue weighted by Gasteiger charge is -2.40. The summed E-state index contributed by atoms with van der Waals surface area (Å²) in [5.74, 6) is -1.03. The summed E-state index contributed by atoms with van der Waals surface area (Å²) in [6, 6.07) is 8.23. The van der Waals surface area contributed by atoms with Crippen LogP contribution in [-0.4, -0.2) is 107 Å². The van der Waals surface area contributed by atoms with Gasteiger partial charge in [0.2, 0.25) is 17.7 Å². The van der Waals surface area contributed by atoms with Crippen LogP contribution in [0.5, 0.6) is 0 Å². The smallest absolute Gasteiger partial charge is 0.262 e. The van der Waals surface area contributed by atoms with Gasteiger partial charge in [-0.2, -0.15) is 0 Å². The first kappa shape index (κ1) is 31.3. The van der Waals surface area contributed by atoms with E-state index in [-0.39, 0.29) is 36.7 Å². The number of hydrogen-bond donors (Lipinski definition) is 3. The van der Waals surface area contributed by atoms with E-state index >= 15 is 0 Å². The second kappa shape index (κ2) is 13.0. The van der Waals surface area contributed by atoms with Crippen LogP contribution in [0, 0.1) is 11.8 Å². The van der Waals surface area contributed by atoms with Gasteiger partial charge in [0.15, 0.2) is 0 Å². The number of aromatic nitrogens is 1. The van der Waals surface area contributed by atoms with Gasteiger partial charge in [-0.05, 0) is 74.8 Å². The maximum Gasteiger partial charge on any atom is 0.262 e. The molecule has 7 rings (SSSR count). The van der Waals surface area contributed by atoms with E-state index in [1.807, 2.05) is 24.4 Å². The minimum atomic E-state index is -0.964. The highest BCUT2D eigenvalue weighted by Gasteiger charge is 2.45. The zero-order chi connectivity index (χ0) is 32.7. The summed E-state index contributed by atoms with van der Waals surface area (Å²) in [5, 5.41) is 14.8. The van der Waals surface area contributed by atoms with Gasteiger partial charge in [0.25, 0.3) is 11.8 Å². The Labute approximate surface area is 273 Å². The van der Waals surface area contributed by atoms with E-state index in [1.165, 1.54) is 0 Å². The number of amides is 5. The normalized spacial score (nSPS) is 25.7. The molecule has 3 atom stereocenters. The molecule has 5 aliphatic rings. The highest BCUT2D eigenvalue weighted by molar-refractivity contribution is 6.23. The summed E-state index contributed by atoms with van der Waals surface area (Å²) >= 11 is 0. The summed E-state index contributed by atoms with van der Waals surface area (Å²) < 4.78 is 0. The van der Waals surface area contributed by atoms with Crippen LogP contribution in [0.3, 0.4) is 0 Å². The predicted molar refractivity (Wildman–Crippen MR) is 173 cm³/mol. The number of rotatable bonds is 7. The van der Waals surface area contributed by atoms with E-state index < -0.39 is 23.8 Å². The first-order chi connectivity index (χ1) is 22.7. The number of pyridine rings is 1. The largest absolute Gasteiger partial charge is 0.393 e. The molecular weight excluding hydrogens is 602 g/mol. The molecule has 4 fully saturated rings. The van der Waals surface area contributed by atoms with Crippen molar-refractivity contribution in [3.63, 3.8) is 0 Å². The highest BCUT2D eigenvalue weighted by Crippen LogP contribution is 2.32. The van der Waals surface area contributed by atoms with Gasteiger partial charge >= 0.3 is 0 Å². The average Bonchev–Trinajstić information content (AvgIpc) is 3.62. The summed E-state index contributed by atoms with van der Waals surface area (Å²) in [6.07, 6.45) is 5.77. The van der Waals surface area contributed by atoms with Crippen LogP contribution < -0.4 is 20.4 Å². The van der Waals surface area contributed by atoms with Gasteiger partial charge < -0.3 is 20.2 Å². The molecule has 248 valence electrons. The second-order valence-electron chi connectivity index (χ2n) is 13.4. The number of nitrogens with zero attached hydrogens (tertiary/aromatic N) is 5. The van der Waals surface area contributed by atoms with E-state index in [9.17, 15) is 29.1 Å². The van der Waals surface area contributed by atoms with Crippen molar-refractivity contribution >= 4 is 46.7 Å². The standard InChI is InChI=1S/C34H41N7O6/c42-25-4-1-22(17-25)31(44)36-29-7-3-24(19-35-29)39-11-9-21(10-12-39)20-38-13-15-40(16-14-38)23-2-5-26-27(18-23)34(47)41(33(26)46)28-6-8-30(43)37-32(28)45/h2-3,5,7,18-19,21-22,25,28,42H,1,4,6,8-17,20H2,(H,35,36,44)(H,37,43,45)/t22-,25+,28?/m0/s1. The van der Waals surface area contributed by atoms with Gasteiger partial charge in [0.05, 0.1) is 29.1 Å². The van der Waals surface area contributed by atoms with E-state index in [2.05, 4.69) is 30.3 Å². The predicted octanol–water partition coefficient (Wildman–Crippen LogP) is 1.62.